The maximum atomic E-state index is 12.5. The highest BCUT2D eigenvalue weighted by molar-refractivity contribution is 7.99. The van der Waals surface area contributed by atoms with Crippen molar-refractivity contribution in [3.8, 4) is 5.75 Å². The number of Topliss-reactive ketones (excluding diaryl/α,β-unsaturated/α-hetero) is 1. The summed E-state index contributed by atoms with van der Waals surface area (Å²) in [5.74, 6) is 2.92. The van der Waals surface area contributed by atoms with E-state index in [0.29, 0.717) is 36.7 Å². The van der Waals surface area contributed by atoms with E-state index in [1.165, 1.54) is 7.11 Å². The minimum absolute atomic E-state index is 0.0152. The number of hydrogen-bond donors (Lipinski definition) is 1. The van der Waals surface area contributed by atoms with E-state index in [9.17, 15) is 14.7 Å². The van der Waals surface area contributed by atoms with Gasteiger partial charge in [0.05, 0.1) is 13.2 Å². The summed E-state index contributed by atoms with van der Waals surface area (Å²) >= 11 is 1.78. The van der Waals surface area contributed by atoms with Gasteiger partial charge in [-0.2, -0.15) is 11.8 Å². The SMILES string of the molecule is COC(=O)CCCSCC[C@H]1C(=O)C[C@@H](C)[C@@H]1/C=C/[C@@H](O)Cc1ccc([OH2+])c(C)c1. The van der Waals surface area contributed by atoms with Gasteiger partial charge in [0, 0.05) is 36.8 Å². The normalized spacial score (nSPS) is 22.5. The van der Waals surface area contributed by atoms with Crippen LogP contribution in [0.3, 0.4) is 0 Å². The third-order valence-electron chi connectivity index (χ3n) is 5.82. The molecule has 1 aliphatic carbocycles. The summed E-state index contributed by atoms with van der Waals surface area (Å²) in [5, 5.41) is 18.2. The van der Waals surface area contributed by atoms with E-state index in [4.69, 9.17) is 5.11 Å². The van der Waals surface area contributed by atoms with E-state index in [-0.39, 0.29) is 17.8 Å². The molecule has 0 aromatic heterocycles. The van der Waals surface area contributed by atoms with E-state index in [2.05, 4.69) is 11.7 Å². The van der Waals surface area contributed by atoms with Gasteiger partial charge in [0.1, 0.15) is 5.78 Å². The number of rotatable bonds is 11. The number of carbonyl (C=O) groups excluding carboxylic acids is 2. The summed E-state index contributed by atoms with van der Waals surface area (Å²) in [5.41, 5.74) is 1.92. The Kier molecular flexibility index (Phi) is 9.92. The summed E-state index contributed by atoms with van der Waals surface area (Å²) < 4.78 is 4.64. The van der Waals surface area contributed by atoms with Crippen molar-refractivity contribution >= 4 is 23.5 Å². The van der Waals surface area contributed by atoms with Crippen LogP contribution < -0.4 is 0 Å². The maximum absolute atomic E-state index is 12.5. The van der Waals surface area contributed by atoms with Crippen molar-refractivity contribution in [3.63, 3.8) is 0 Å². The first kappa shape index (κ1) is 24.5. The number of ketones is 1. The van der Waals surface area contributed by atoms with E-state index in [0.717, 1.165) is 35.5 Å². The van der Waals surface area contributed by atoms with Gasteiger partial charge in [-0.05, 0) is 60.8 Å². The molecule has 1 aliphatic rings. The Labute approximate surface area is 183 Å². The molecule has 1 fully saturated rings. The highest BCUT2D eigenvalue weighted by atomic mass is 32.2. The van der Waals surface area contributed by atoms with E-state index < -0.39 is 6.10 Å². The standard InChI is InChI=1S/C24H34O5S/c1-16-14-23(27)21(10-12-30-11-4-5-24(28)29-3)20(16)8-7-19(25)15-18-6-9-22(26)17(2)13-18/h6-9,13,16,19-21,25-26H,4-5,10-12,14-15H2,1-3H3/p+1/b8-7+/t16-,19-,20+,21-/m1/s1. The molecule has 1 aromatic carbocycles. The molecule has 0 bridgehead atoms. The van der Waals surface area contributed by atoms with Gasteiger partial charge in [0.15, 0.2) is 0 Å². The number of aliphatic hydroxyl groups is 1. The van der Waals surface area contributed by atoms with Crippen molar-refractivity contribution in [2.45, 2.75) is 52.1 Å². The largest absolute Gasteiger partial charge is 0.593 e. The Morgan fingerprint density at radius 2 is 2.17 bits per heavy atom. The van der Waals surface area contributed by atoms with Crippen LogP contribution in [-0.2, 0) is 20.7 Å². The van der Waals surface area contributed by atoms with Gasteiger partial charge >= 0.3 is 5.97 Å². The monoisotopic (exact) mass is 435 g/mol. The summed E-state index contributed by atoms with van der Waals surface area (Å²) in [6.45, 7) is 4.01. The molecule has 6 heteroatoms. The molecule has 0 amide bonds. The predicted molar refractivity (Wildman–Crippen MR) is 122 cm³/mol. The number of allylic oxidation sites excluding steroid dienone is 1. The van der Waals surface area contributed by atoms with E-state index >= 15 is 0 Å². The number of aliphatic hydroxyl groups excluding tert-OH is 1. The molecule has 0 radical (unpaired) electrons. The van der Waals surface area contributed by atoms with Gasteiger partial charge in [-0.3, -0.25) is 9.59 Å². The highest BCUT2D eigenvalue weighted by Crippen LogP contribution is 2.38. The Bertz CT molecular complexity index is 745. The highest BCUT2D eigenvalue weighted by Gasteiger charge is 2.37. The second-order valence-electron chi connectivity index (χ2n) is 8.22. The molecule has 4 atom stereocenters. The zero-order valence-electron chi connectivity index (χ0n) is 18.2. The first-order chi connectivity index (χ1) is 14.3. The molecule has 30 heavy (non-hydrogen) atoms. The quantitative estimate of drug-likeness (QED) is 0.247. The lowest BCUT2D eigenvalue weighted by Crippen LogP contribution is -2.17. The molecule has 3 N–H and O–H groups in total. The molecule has 166 valence electrons. The first-order valence-electron chi connectivity index (χ1n) is 10.7. The van der Waals surface area contributed by atoms with Crippen LogP contribution in [0.1, 0.15) is 43.7 Å². The van der Waals surface area contributed by atoms with Crippen molar-refractivity contribution < 1.29 is 24.5 Å². The summed E-state index contributed by atoms with van der Waals surface area (Å²) in [4.78, 5) is 23.6. The fourth-order valence-electron chi connectivity index (χ4n) is 4.05. The zero-order valence-corrected chi connectivity index (χ0v) is 19.0. The third kappa shape index (κ3) is 7.47. The molecule has 5 nitrogen and oxygen atoms in total. The topological polar surface area (TPSA) is 86.5 Å². The molecular weight excluding hydrogens is 400 g/mol. The van der Waals surface area contributed by atoms with Gasteiger partial charge in [0.25, 0.3) is 5.75 Å². The molecule has 1 aromatic rings. The van der Waals surface area contributed by atoms with E-state index in [1.807, 2.05) is 31.2 Å². The van der Waals surface area contributed by atoms with Crippen molar-refractivity contribution in [1.82, 2.24) is 0 Å². The number of esters is 1. The van der Waals surface area contributed by atoms with Crippen molar-refractivity contribution in [3.05, 3.63) is 41.5 Å². The Morgan fingerprint density at radius 1 is 1.40 bits per heavy atom. The van der Waals surface area contributed by atoms with Gasteiger partial charge in [-0.25, -0.2) is 0 Å². The second-order valence-corrected chi connectivity index (χ2v) is 9.44. The summed E-state index contributed by atoms with van der Waals surface area (Å²) in [7, 11) is 1.40. The van der Waals surface area contributed by atoms with Crippen LogP contribution in [0, 0.1) is 24.7 Å². The number of carbonyl (C=O) groups is 2. The molecule has 0 aliphatic heterocycles. The number of thioether (sulfide) groups is 1. The van der Waals surface area contributed by atoms with Gasteiger partial charge in [-0.15, -0.1) is 0 Å². The van der Waals surface area contributed by atoms with Gasteiger partial charge < -0.3 is 14.9 Å². The maximum Gasteiger partial charge on any atom is 0.305 e. The zero-order chi connectivity index (χ0) is 22.1. The number of aryl methyl sites for hydroxylation is 1. The molecule has 0 unspecified atom stereocenters. The third-order valence-corrected chi connectivity index (χ3v) is 6.92. The molecule has 2 rings (SSSR count). The summed E-state index contributed by atoms with van der Waals surface area (Å²) in [6.07, 6.45) is 6.45. The number of benzene rings is 1. The van der Waals surface area contributed by atoms with Gasteiger partial charge in [0.2, 0.25) is 0 Å². The van der Waals surface area contributed by atoms with Crippen molar-refractivity contribution in [1.29, 1.82) is 0 Å². The average Bonchev–Trinajstić information content (AvgIpc) is 2.98. The molecule has 0 saturated heterocycles. The second kappa shape index (κ2) is 12.2. The van der Waals surface area contributed by atoms with Crippen LogP contribution in [0.5, 0.6) is 5.75 Å². The van der Waals surface area contributed by atoms with Crippen molar-refractivity contribution in [2.24, 2.45) is 17.8 Å². The van der Waals surface area contributed by atoms with Crippen LogP contribution >= 0.6 is 11.8 Å². The minimum Gasteiger partial charge on any atom is -0.593 e. The Hall–Kier alpha value is -1.79. The molecular formula is C24H35O5S+. The predicted octanol–water partition coefficient (Wildman–Crippen LogP) is 3.81. The van der Waals surface area contributed by atoms with Crippen LogP contribution in [0.25, 0.3) is 0 Å². The lowest BCUT2D eigenvalue weighted by Gasteiger charge is -2.18. The molecule has 0 heterocycles. The van der Waals surface area contributed by atoms with Crippen LogP contribution in [0.2, 0.25) is 0 Å². The fraction of sp³-hybridized carbons (Fsp3) is 0.583. The van der Waals surface area contributed by atoms with Crippen LogP contribution in [0.15, 0.2) is 30.4 Å². The fourth-order valence-corrected chi connectivity index (χ4v) is 5.02. The lowest BCUT2D eigenvalue weighted by molar-refractivity contribution is -0.140. The molecule has 1 saturated carbocycles. The van der Waals surface area contributed by atoms with Gasteiger partial charge in [-0.1, -0.05) is 19.1 Å². The van der Waals surface area contributed by atoms with Crippen LogP contribution in [-0.4, -0.2) is 46.7 Å². The Balaban J connectivity index is 1.83. The number of hydrogen-bond acceptors (Lipinski definition) is 5. The lowest BCUT2D eigenvalue weighted by atomic mass is 9.87. The minimum atomic E-state index is -0.600. The van der Waals surface area contributed by atoms with E-state index in [1.54, 1.807) is 17.8 Å². The smallest absolute Gasteiger partial charge is 0.305 e. The summed E-state index contributed by atoms with van der Waals surface area (Å²) in [6, 6.07) is 5.59. The average molecular weight is 436 g/mol. The molecule has 0 spiro atoms. The Morgan fingerprint density at radius 3 is 2.87 bits per heavy atom. The number of methoxy groups -OCH3 is 1. The van der Waals surface area contributed by atoms with Crippen molar-refractivity contribution in [2.75, 3.05) is 18.6 Å². The first-order valence-corrected chi connectivity index (χ1v) is 11.8. The number of ether oxygens (including phenoxy) is 1. The van der Waals surface area contributed by atoms with Crippen LogP contribution in [0.4, 0.5) is 0 Å².